The van der Waals surface area contributed by atoms with Gasteiger partial charge in [-0.15, -0.1) is 0 Å². The highest BCUT2D eigenvalue weighted by molar-refractivity contribution is 6.05. The lowest BCUT2D eigenvalue weighted by atomic mass is 10.1. The molecule has 0 aliphatic carbocycles. The largest absolute Gasteiger partial charge is 0.338 e. The van der Waals surface area contributed by atoms with Crippen LogP contribution >= 0.6 is 0 Å². The molecule has 0 bridgehead atoms. The third kappa shape index (κ3) is 1.21. The third-order valence-electron chi connectivity index (χ3n) is 2.85. The lowest BCUT2D eigenvalue weighted by molar-refractivity contribution is 0.0653. The van der Waals surface area contributed by atoms with E-state index in [-0.39, 0.29) is 5.91 Å². The van der Waals surface area contributed by atoms with Gasteiger partial charge in [-0.3, -0.25) is 9.89 Å². The summed E-state index contributed by atoms with van der Waals surface area (Å²) in [5.41, 5.74) is 1.57. The highest BCUT2D eigenvalue weighted by Crippen LogP contribution is 2.19. The Hall–Kier alpha value is -1.84. The number of carbonyl (C=O) groups excluding carboxylic acids is 1. The van der Waals surface area contributed by atoms with Crippen LogP contribution in [0.3, 0.4) is 0 Å². The van der Waals surface area contributed by atoms with Gasteiger partial charge in [-0.25, -0.2) is 0 Å². The molecule has 76 valence electrons. The molecule has 0 spiro atoms. The lowest BCUT2D eigenvalue weighted by Gasteiger charge is -2.30. The predicted molar refractivity (Wildman–Crippen MR) is 56.6 cm³/mol. The van der Waals surface area contributed by atoms with Gasteiger partial charge < -0.3 is 4.90 Å². The Bertz CT molecular complexity index is 513. The molecule has 1 aliphatic rings. The standard InChI is InChI=1S/C11H11N3O/c15-11(14-5-2-6-14)9-4-1-3-8-7-12-13-10(8)9/h1,3-4,7H,2,5-6H2,(H,12,13). The molecule has 1 aromatic heterocycles. The van der Waals surface area contributed by atoms with E-state index in [2.05, 4.69) is 10.2 Å². The Labute approximate surface area is 86.9 Å². The quantitative estimate of drug-likeness (QED) is 0.758. The number of hydrogen-bond donors (Lipinski definition) is 1. The van der Waals surface area contributed by atoms with E-state index in [1.165, 1.54) is 0 Å². The van der Waals surface area contributed by atoms with E-state index in [9.17, 15) is 4.79 Å². The zero-order chi connectivity index (χ0) is 10.3. The molecule has 1 fully saturated rings. The lowest BCUT2D eigenvalue weighted by Crippen LogP contribution is -2.42. The van der Waals surface area contributed by atoms with Gasteiger partial charge in [-0.2, -0.15) is 5.10 Å². The van der Waals surface area contributed by atoms with E-state index in [4.69, 9.17) is 0 Å². The zero-order valence-corrected chi connectivity index (χ0v) is 8.23. The Balaban J connectivity index is 2.09. The van der Waals surface area contributed by atoms with E-state index in [0.29, 0.717) is 0 Å². The summed E-state index contributed by atoms with van der Waals surface area (Å²) in [4.78, 5) is 13.9. The van der Waals surface area contributed by atoms with Crippen LogP contribution in [-0.2, 0) is 0 Å². The highest BCUT2D eigenvalue weighted by Gasteiger charge is 2.23. The number of aromatic amines is 1. The number of nitrogens with zero attached hydrogens (tertiary/aromatic N) is 2. The Kier molecular flexibility index (Phi) is 1.74. The maximum absolute atomic E-state index is 12.0. The average Bonchev–Trinajstić information content (AvgIpc) is 2.61. The molecule has 2 heterocycles. The molecule has 2 aromatic rings. The molecular weight excluding hydrogens is 190 g/mol. The number of nitrogens with one attached hydrogen (secondary N) is 1. The smallest absolute Gasteiger partial charge is 0.256 e. The summed E-state index contributed by atoms with van der Waals surface area (Å²) < 4.78 is 0. The fourth-order valence-electron chi connectivity index (χ4n) is 1.84. The molecule has 1 N–H and O–H groups in total. The van der Waals surface area contributed by atoms with Crippen molar-refractivity contribution < 1.29 is 4.79 Å². The van der Waals surface area contributed by atoms with Gasteiger partial charge in [0, 0.05) is 18.5 Å². The van der Waals surface area contributed by atoms with Crippen molar-refractivity contribution in [2.75, 3.05) is 13.1 Å². The minimum Gasteiger partial charge on any atom is -0.338 e. The van der Waals surface area contributed by atoms with E-state index < -0.39 is 0 Å². The number of likely N-dealkylation sites (tertiary alicyclic amines) is 1. The van der Waals surface area contributed by atoms with Gasteiger partial charge in [0.15, 0.2) is 0 Å². The van der Waals surface area contributed by atoms with Crippen LogP contribution < -0.4 is 0 Å². The van der Waals surface area contributed by atoms with Crippen LogP contribution in [0.5, 0.6) is 0 Å². The molecule has 15 heavy (non-hydrogen) atoms. The first-order chi connectivity index (χ1) is 7.36. The number of para-hydroxylation sites is 1. The van der Waals surface area contributed by atoms with E-state index >= 15 is 0 Å². The van der Waals surface area contributed by atoms with Crippen LogP contribution in [0.25, 0.3) is 10.9 Å². The summed E-state index contributed by atoms with van der Waals surface area (Å²) in [6.45, 7) is 1.76. The molecule has 1 aliphatic heterocycles. The number of aromatic nitrogens is 2. The van der Waals surface area contributed by atoms with E-state index in [0.717, 1.165) is 36.0 Å². The maximum Gasteiger partial charge on any atom is 0.256 e. The summed E-state index contributed by atoms with van der Waals surface area (Å²) in [5, 5.41) is 7.81. The molecule has 1 saturated heterocycles. The van der Waals surface area contributed by atoms with Crippen molar-refractivity contribution >= 4 is 16.8 Å². The van der Waals surface area contributed by atoms with Gasteiger partial charge in [-0.05, 0) is 12.5 Å². The van der Waals surface area contributed by atoms with Gasteiger partial charge in [-0.1, -0.05) is 12.1 Å². The van der Waals surface area contributed by atoms with Gasteiger partial charge in [0.25, 0.3) is 5.91 Å². The predicted octanol–water partition coefficient (Wildman–Crippen LogP) is 1.41. The fraction of sp³-hybridized carbons (Fsp3) is 0.273. The second-order valence-electron chi connectivity index (χ2n) is 3.79. The summed E-state index contributed by atoms with van der Waals surface area (Å²) >= 11 is 0. The summed E-state index contributed by atoms with van der Waals surface area (Å²) in [7, 11) is 0. The molecular formula is C11H11N3O. The minimum atomic E-state index is 0.108. The second kappa shape index (κ2) is 3.08. The SMILES string of the molecule is O=C(c1cccc2cn[nH]c12)N1CCC1. The van der Waals surface area contributed by atoms with Crippen molar-refractivity contribution in [2.24, 2.45) is 0 Å². The van der Waals surface area contributed by atoms with Crippen molar-refractivity contribution in [2.45, 2.75) is 6.42 Å². The van der Waals surface area contributed by atoms with Crippen LogP contribution in [0, 0.1) is 0 Å². The van der Waals surface area contributed by atoms with Crippen molar-refractivity contribution in [1.29, 1.82) is 0 Å². The van der Waals surface area contributed by atoms with Crippen molar-refractivity contribution in [3.63, 3.8) is 0 Å². The molecule has 0 saturated carbocycles. The Morgan fingerprint density at radius 1 is 1.40 bits per heavy atom. The van der Waals surface area contributed by atoms with Crippen LogP contribution in [0.1, 0.15) is 16.8 Å². The molecule has 1 aromatic carbocycles. The zero-order valence-electron chi connectivity index (χ0n) is 8.23. The van der Waals surface area contributed by atoms with Gasteiger partial charge in [0.2, 0.25) is 0 Å². The van der Waals surface area contributed by atoms with E-state index in [1.807, 2.05) is 23.1 Å². The number of benzene rings is 1. The summed E-state index contributed by atoms with van der Waals surface area (Å²) in [6, 6.07) is 5.69. The minimum absolute atomic E-state index is 0.108. The summed E-state index contributed by atoms with van der Waals surface area (Å²) in [6.07, 6.45) is 2.85. The molecule has 0 radical (unpaired) electrons. The maximum atomic E-state index is 12.0. The van der Waals surface area contributed by atoms with Gasteiger partial charge >= 0.3 is 0 Å². The second-order valence-corrected chi connectivity index (χ2v) is 3.79. The number of fused-ring (bicyclic) bond motifs is 1. The van der Waals surface area contributed by atoms with Crippen LogP contribution in [0.15, 0.2) is 24.4 Å². The van der Waals surface area contributed by atoms with Crippen LogP contribution in [0.2, 0.25) is 0 Å². The Morgan fingerprint density at radius 2 is 2.27 bits per heavy atom. The molecule has 0 unspecified atom stereocenters. The van der Waals surface area contributed by atoms with E-state index in [1.54, 1.807) is 6.20 Å². The fourth-order valence-corrected chi connectivity index (χ4v) is 1.84. The van der Waals surface area contributed by atoms with Gasteiger partial charge in [0.1, 0.15) is 0 Å². The average molecular weight is 201 g/mol. The molecule has 4 heteroatoms. The topological polar surface area (TPSA) is 49.0 Å². The first-order valence-electron chi connectivity index (χ1n) is 5.07. The molecule has 4 nitrogen and oxygen atoms in total. The monoisotopic (exact) mass is 201 g/mol. The molecule has 0 atom stereocenters. The molecule has 1 amide bonds. The van der Waals surface area contributed by atoms with Crippen molar-refractivity contribution in [3.8, 4) is 0 Å². The van der Waals surface area contributed by atoms with Crippen molar-refractivity contribution in [3.05, 3.63) is 30.0 Å². The summed E-state index contributed by atoms with van der Waals surface area (Å²) in [5.74, 6) is 0.108. The number of hydrogen-bond acceptors (Lipinski definition) is 2. The number of amides is 1. The first kappa shape index (κ1) is 8.47. The Morgan fingerprint density at radius 3 is 3.00 bits per heavy atom. The number of carbonyl (C=O) groups is 1. The third-order valence-corrected chi connectivity index (χ3v) is 2.85. The first-order valence-corrected chi connectivity index (χ1v) is 5.07. The number of rotatable bonds is 1. The van der Waals surface area contributed by atoms with Crippen LogP contribution in [0.4, 0.5) is 0 Å². The van der Waals surface area contributed by atoms with Crippen LogP contribution in [-0.4, -0.2) is 34.1 Å². The molecule has 3 rings (SSSR count). The van der Waals surface area contributed by atoms with Gasteiger partial charge in [0.05, 0.1) is 17.3 Å². The number of H-pyrrole nitrogens is 1. The van der Waals surface area contributed by atoms with Crippen molar-refractivity contribution in [1.82, 2.24) is 15.1 Å². The highest BCUT2D eigenvalue weighted by atomic mass is 16.2. The normalized spacial score (nSPS) is 15.3.